The lowest BCUT2D eigenvalue weighted by molar-refractivity contribution is -0.384. The average molecular weight is 288 g/mol. The standard InChI is InChI=1S/C16H20N2O3/c19-16(13-6-3-7-15(10-13)18(20)21)17-9-8-12-4-1-2-5-14(12)11-17/h3,6-7,10,12,14H,1-2,4-5,8-9,11H2/t12-,14+/m1/s1. The van der Waals surface area contributed by atoms with Crippen molar-refractivity contribution >= 4 is 11.6 Å². The fraction of sp³-hybridized carbons (Fsp3) is 0.562. The number of non-ortho nitro benzene ring substituents is 1. The third-order valence-electron chi connectivity index (χ3n) is 4.88. The summed E-state index contributed by atoms with van der Waals surface area (Å²) in [6, 6.07) is 6.06. The molecule has 5 heteroatoms. The molecular formula is C16H20N2O3. The van der Waals surface area contributed by atoms with Crippen molar-refractivity contribution in [1.29, 1.82) is 0 Å². The number of fused-ring (bicyclic) bond motifs is 1. The summed E-state index contributed by atoms with van der Waals surface area (Å²) < 4.78 is 0. The van der Waals surface area contributed by atoms with Crippen molar-refractivity contribution in [1.82, 2.24) is 4.90 Å². The Balaban J connectivity index is 1.73. The summed E-state index contributed by atoms with van der Waals surface area (Å²) in [5.74, 6) is 1.32. The van der Waals surface area contributed by atoms with Gasteiger partial charge in [-0.3, -0.25) is 14.9 Å². The molecule has 1 aromatic rings. The lowest BCUT2D eigenvalue weighted by Gasteiger charge is -2.41. The van der Waals surface area contributed by atoms with Crippen molar-refractivity contribution in [2.45, 2.75) is 32.1 Å². The molecule has 1 aliphatic heterocycles. The molecule has 0 N–H and O–H groups in total. The van der Waals surface area contributed by atoms with Crippen LogP contribution in [0.1, 0.15) is 42.5 Å². The minimum atomic E-state index is -0.454. The Morgan fingerprint density at radius 2 is 1.95 bits per heavy atom. The minimum Gasteiger partial charge on any atom is -0.338 e. The quantitative estimate of drug-likeness (QED) is 0.620. The number of nitro groups is 1. The summed E-state index contributed by atoms with van der Waals surface area (Å²) in [5, 5.41) is 10.8. The maximum Gasteiger partial charge on any atom is 0.270 e. The fourth-order valence-electron chi connectivity index (χ4n) is 3.72. The predicted octanol–water partition coefficient (Wildman–Crippen LogP) is 3.25. The Bertz CT molecular complexity index is 558. The first-order valence-electron chi connectivity index (χ1n) is 7.69. The van der Waals surface area contributed by atoms with Crippen molar-refractivity contribution in [2.24, 2.45) is 11.8 Å². The maximum atomic E-state index is 12.6. The van der Waals surface area contributed by atoms with Crippen LogP contribution in [-0.4, -0.2) is 28.8 Å². The van der Waals surface area contributed by atoms with Crippen molar-refractivity contribution in [3.63, 3.8) is 0 Å². The van der Waals surface area contributed by atoms with Crippen LogP contribution in [0.4, 0.5) is 5.69 Å². The molecule has 2 fully saturated rings. The number of piperidine rings is 1. The highest BCUT2D eigenvalue weighted by Crippen LogP contribution is 2.36. The van der Waals surface area contributed by atoms with Crippen LogP contribution in [-0.2, 0) is 0 Å². The van der Waals surface area contributed by atoms with Gasteiger partial charge >= 0.3 is 0 Å². The molecule has 1 aromatic carbocycles. The molecule has 3 rings (SSSR count). The zero-order valence-corrected chi connectivity index (χ0v) is 12.0. The molecule has 0 bridgehead atoms. The Kier molecular flexibility index (Phi) is 3.90. The molecular weight excluding hydrogens is 268 g/mol. The maximum absolute atomic E-state index is 12.6. The SMILES string of the molecule is O=C(c1cccc([N+](=O)[O-])c1)N1CC[C@H]2CCCC[C@H]2C1. The zero-order chi connectivity index (χ0) is 14.8. The van der Waals surface area contributed by atoms with Crippen LogP contribution >= 0.6 is 0 Å². The summed E-state index contributed by atoms with van der Waals surface area (Å²) in [6.45, 7) is 1.59. The summed E-state index contributed by atoms with van der Waals surface area (Å²) in [4.78, 5) is 24.8. The van der Waals surface area contributed by atoms with Gasteiger partial charge in [0.1, 0.15) is 0 Å². The predicted molar refractivity (Wildman–Crippen MR) is 79.1 cm³/mol. The van der Waals surface area contributed by atoms with Crippen LogP contribution in [0.25, 0.3) is 0 Å². The summed E-state index contributed by atoms with van der Waals surface area (Å²) in [7, 11) is 0. The van der Waals surface area contributed by atoms with Gasteiger partial charge in [0.2, 0.25) is 0 Å². The third kappa shape index (κ3) is 2.91. The number of benzene rings is 1. The van der Waals surface area contributed by atoms with E-state index in [-0.39, 0.29) is 11.6 Å². The van der Waals surface area contributed by atoms with E-state index < -0.39 is 4.92 Å². The molecule has 2 atom stereocenters. The Labute approximate surface area is 124 Å². The van der Waals surface area contributed by atoms with Gasteiger partial charge in [-0.2, -0.15) is 0 Å². The van der Waals surface area contributed by atoms with E-state index in [2.05, 4.69) is 0 Å². The lowest BCUT2D eigenvalue weighted by atomic mass is 9.75. The Morgan fingerprint density at radius 3 is 2.71 bits per heavy atom. The summed E-state index contributed by atoms with van der Waals surface area (Å²) >= 11 is 0. The van der Waals surface area contributed by atoms with E-state index >= 15 is 0 Å². The first kappa shape index (κ1) is 14.0. The first-order valence-corrected chi connectivity index (χ1v) is 7.69. The van der Waals surface area contributed by atoms with Crippen LogP contribution in [0, 0.1) is 22.0 Å². The number of hydrogen-bond donors (Lipinski definition) is 0. The zero-order valence-electron chi connectivity index (χ0n) is 12.0. The van der Waals surface area contributed by atoms with Crippen LogP contribution in [0.3, 0.4) is 0 Å². The average Bonchev–Trinajstić information content (AvgIpc) is 2.53. The lowest BCUT2D eigenvalue weighted by Crippen LogP contribution is -2.44. The van der Waals surface area contributed by atoms with Crippen LogP contribution in [0.2, 0.25) is 0 Å². The second-order valence-electron chi connectivity index (χ2n) is 6.15. The number of carbonyl (C=O) groups is 1. The van der Waals surface area contributed by atoms with Crippen LogP contribution in [0.15, 0.2) is 24.3 Å². The van der Waals surface area contributed by atoms with E-state index in [1.54, 1.807) is 12.1 Å². The Morgan fingerprint density at radius 1 is 1.19 bits per heavy atom. The number of carbonyl (C=O) groups excluding carboxylic acids is 1. The van der Waals surface area contributed by atoms with Gasteiger partial charge < -0.3 is 4.90 Å². The first-order chi connectivity index (χ1) is 10.1. The molecule has 112 valence electrons. The van der Waals surface area contributed by atoms with Crippen LogP contribution in [0.5, 0.6) is 0 Å². The highest BCUT2D eigenvalue weighted by molar-refractivity contribution is 5.94. The third-order valence-corrected chi connectivity index (χ3v) is 4.88. The van der Waals surface area contributed by atoms with Gasteiger partial charge in [0.15, 0.2) is 0 Å². The molecule has 0 aromatic heterocycles. The number of likely N-dealkylation sites (tertiary alicyclic amines) is 1. The molecule has 1 heterocycles. The molecule has 0 spiro atoms. The highest BCUT2D eigenvalue weighted by atomic mass is 16.6. The smallest absolute Gasteiger partial charge is 0.270 e. The molecule has 1 saturated heterocycles. The molecule has 0 unspecified atom stereocenters. The van der Waals surface area contributed by atoms with E-state index in [4.69, 9.17) is 0 Å². The second-order valence-corrected chi connectivity index (χ2v) is 6.15. The summed E-state index contributed by atoms with van der Waals surface area (Å²) in [5.41, 5.74) is 0.409. The van der Waals surface area contributed by atoms with Crippen LogP contribution < -0.4 is 0 Å². The van der Waals surface area contributed by atoms with Gasteiger partial charge in [-0.15, -0.1) is 0 Å². The molecule has 21 heavy (non-hydrogen) atoms. The van der Waals surface area contributed by atoms with Crippen molar-refractivity contribution < 1.29 is 9.72 Å². The molecule has 1 amide bonds. The van der Waals surface area contributed by atoms with E-state index in [1.165, 1.54) is 37.8 Å². The van der Waals surface area contributed by atoms with Gasteiger partial charge in [-0.25, -0.2) is 0 Å². The molecule has 1 aliphatic carbocycles. The largest absolute Gasteiger partial charge is 0.338 e. The number of nitro benzene ring substituents is 1. The number of nitrogens with zero attached hydrogens (tertiary/aromatic N) is 2. The van der Waals surface area contributed by atoms with Gasteiger partial charge in [-0.1, -0.05) is 25.3 Å². The second kappa shape index (κ2) is 5.84. The van der Waals surface area contributed by atoms with E-state index in [9.17, 15) is 14.9 Å². The molecule has 5 nitrogen and oxygen atoms in total. The van der Waals surface area contributed by atoms with Crippen molar-refractivity contribution in [3.8, 4) is 0 Å². The Hall–Kier alpha value is -1.91. The number of hydrogen-bond acceptors (Lipinski definition) is 3. The number of rotatable bonds is 2. The van der Waals surface area contributed by atoms with E-state index in [1.807, 2.05) is 4.90 Å². The normalized spacial score (nSPS) is 25.2. The number of amides is 1. The van der Waals surface area contributed by atoms with Crippen molar-refractivity contribution in [3.05, 3.63) is 39.9 Å². The fourth-order valence-corrected chi connectivity index (χ4v) is 3.72. The topological polar surface area (TPSA) is 63.4 Å². The van der Waals surface area contributed by atoms with E-state index in [0.29, 0.717) is 11.5 Å². The van der Waals surface area contributed by atoms with Gasteiger partial charge in [0.05, 0.1) is 4.92 Å². The van der Waals surface area contributed by atoms with Gasteiger partial charge in [0, 0.05) is 30.8 Å². The molecule has 0 radical (unpaired) electrons. The molecule has 1 saturated carbocycles. The molecule has 2 aliphatic rings. The van der Waals surface area contributed by atoms with Gasteiger partial charge in [0.25, 0.3) is 11.6 Å². The van der Waals surface area contributed by atoms with Gasteiger partial charge in [-0.05, 0) is 30.7 Å². The van der Waals surface area contributed by atoms with E-state index in [0.717, 1.165) is 25.4 Å². The summed E-state index contributed by atoms with van der Waals surface area (Å²) in [6.07, 6.45) is 6.16. The minimum absolute atomic E-state index is 0.0200. The van der Waals surface area contributed by atoms with Crippen molar-refractivity contribution in [2.75, 3.05) is 13.1 Å². The monoisotopic (exact) mass is 288 g/mol. The highest BCUT2D eigenvalue weighted by Gasteiger charge is 2.33.